The first-order valence-corrected chi connectivity index (χ1v) is 11.6. The van der Waals surface area contributed by atoms with E-state index in [0.29, 0.717) is 12.7 Å². The Hall–Kier alpha value is -1.59. The van der Waals surface area contributed by atoms with Crippen LogP contribution >= 0.6 is 0 Å². The van der Waals surface area contributed by atoms with Crippen LogP contribution in [0.4, 0.5) is 0 Å². The molecule has 1 aromatic rings. The van der Waals surface area contributed by atoms with Crippen molar-refractivity contribution in [2.75, 3.05) is 32.8 Å². The monoisotopic (exact) mass is 399 g/mol. The van der Waals surface area contributed by atoms with Crippen molar-refractivity contribution in [1.82, 2.24) is 10.2 Å². The molecule has 0 bridgehead atoms. The molecule has 3 fully saturated rings. The summed E-state index contributed by atoms with van der Waals surface area (Å²) in [5, 5.41) is 3.52. The second kappa shape index (κ2) is 10.4. The summed E-state index contributed by atoms with van der Waals surface area (Å²) in [6.07, 6.45) is 7.99. The number of nitrogens with zero attached hydrogens (tertiary/aromatic N) is 2. The van der Waals surface area contributed by atoms with Crippen LogP contribution in [-0.2, 0) is 22.6 Å². The summed E-state index contributed by atoms with van der Waals surface area (Å²) < 4.78 is 11.4. The Labute approximate surface area is 175 Å². The van der Waals surface area contributed by atoms with Gasteiger partial charge < -0.3 is 19.7 Å². The lowest BCUT2D eigenvalue weighted by Gasteiger charge is -2.22. The molecule has 1 saturated carbocycles. The van der Waals surface area contributed by atoms with Gasteiger partial charge in [-0.15, -0.1) is 0 Å². The minimum absolute atomic E-state index is 0.347. The van der Waals surface area contributed by atoms with Crippen molar-refractivity contribution in [3.63, 3.8) is 0 Å². The molecule has 2 saturated heterocycles. The maximum Gasteiger partial charge on any atom is 0.194 e. The van der Waals surface area contributed by atoms with E-state index in [2.05, 4.69) is 41.4 Å². The van der Waals surface area contributed by atoms with Crippen LogP contribution in [0.25, 0.3) is 0 Å². The standard InChI is InChI=1S/C24H37N3O2/c1-2-25-24(27-16-21-5-3-4-6-22(21)17-27)26-15-19-7-9-20(10-8-19)18-29-23-11-13-28-14-12-23/h7-10,21-23H,2-6,11-18H2,1H3,(H,25,26). The van der Waals surface area contributed by atoms with E-state index in [1.807, 2.05) is 0 Å². The van der Waals surface area contributed by atoms with Gasteiger partial charge in [0.05, 0.1) is 19.3 Å². The van der Waals surface area contributed by atoms with Gasteiger partial charge >= 0.3 is 0 Å². The second-order valence-electron chi connectivity index (χ2n) is 8.82. The molecular weight excluding hydrogens is 362 g/mol. The van der Waals surface area contributed by atoms with Gasteiger partial charge in [-0.2, -0.15) is 0 Å². The predicted octanol–water partition coefficient (Wildman–Crippen LogP) is 3.97. The van der Waals surface area contributed by atoms with Crippen LogP contribution in [0.3, 0.4) is 0 Å². The molecule has 29 heavy (non-hydrogen) atoms. The van der Waals surface area contributed by atoms with Gasteiger partial charge in [-0.25, -0.2) is 4.99 Å². The zero-order valence-electron chi connectivity index (χ0n) is 17.9. The minimum atomic E-state index is 0.347. The topological polar surface area (TPSA) is 46.1 Å². The molecule has 1 N–H and O–H groups in total. The summed E-state index contributed by atoms with van der Waals surface area (Å²) in [6.45, 7) is 8.52. The Morgan fingerprint density at radius 2 is 1.69 bits per heavy atom. The summed E-state index contributed by atoms with van der Waals surface area (Å²) in [5.74, 6) is 2.85. The van der Waals surface area contributed by atoms with Crippen LogP contribution in [0.1, 0.15) is 56.6 Å². The predicted molar refractivity (Wildman–Crippen MR) is 117 cm³/mol. The maximum atomic E-state index is 6.03. The zero-order valence-corrected chi connectivity index (χ0v) is 17.9. The minimum Gasteiger partial charge on any atom is -0.381 e. The molecule has 2 aliphatic heterocycles. The van der Waals surface area contributed by atoms with Crippen molar-refractivity contribution < 1.29 is 9.47 Å². The van der Waals surface area contributed by atoms with Crippen LogP contribution in [0, 0.1) is 11.8 Å². The number of likely N-dealkylation sites (tertiary alicyclic amines) is 1. The third kappa shape index (κ3) is 5.73. The maximum absolute atomic E-state index is 6.03. The van der Waals surface area contributed by atoms with Crippen molar-refractivity contribution in [3.8, 4) is 0 Å². The number of benzene rings is 1. The van der Waals surface area contributed by atoms with Crippen molar-refractivity contribution >= 4 is 5.96 Å². The molecular formula is C24H37N3O2. The van der Waals surface area contributed by atoms with Crippen molar-refractivity contribution in [1.29, 1.82) is 0 Å². The van der Waals surface area contributed by atoms with Crippen molar-refractivity contribution in [3.05, 3.63) is 35.4 Å². The molecule has 3 aliphatic rings. The fourth-order valence-electron chi connectivity index (χ4n) is 4.97. The number of ether oxygens (including phenoxy) is 2. The lowest BCUT2D eigenvalue weighted by molar-refractivity contribution is -0.0390. The third-order valence-corrected chi connectivity index (χ3v) is 6.70. The molecule has 5 heteroatoms. The van der Waals surface area contributed by atoms with Gasteiger partial charge in [-0.3, -0.25) is 0 Å². The Morgan fingerprint density at radius 3 is 2.34 bits per heavy atom. The molecule has 160 valence electrons. The molecule has 2 atom stereocenters. The highest BCUT2D eigenvalue weighted by Gasteiger charge is 2.35. The third-order valence-electron chi connectivity index (χ3n) is 6.70. The van der Waals surface area contributed by atoms with Crippen LogP contribution in [0.15, 0.2) is 29.3 Å². The largest absolute Gasteiger partial charge is 0.381 e. The lowest BCUT2D eigenvalue weighted by Crippen LogP contribution is -2.40. The van der Waals surface area contributed by atoms with Gasteiger partial charge in [0.2, 0.25) is 0 Å². The molecule has 5 nitrogen and oxygen atoms in total. The molecule has 1 aromatic carbocycles. The molecule has 2 unspecified atom stereocenters. The molecule has 2 heterocycles. The number of hydrogen-bond acceptors (Lipinski definition) is 3. The number of rotatable bonds is 6. The van der Waals surface area contributed by atoms with E-state index in [1.165, 1.54) is 49.9 Å². The number of nitrogens with one attached hydrogen (secondary N) is 1. The van der Waals surface area contributed by atoms with Gasteiger partial charge in [-0.1, -0.05) is 37.1 Å². The van der Waals surface area contributed by atoms with E-state index in [0.717, 1.165) is 56.9 Å². The Bertz CT molecular complexity index is 641. The molecule has 1 aliphatic carbocycles. The van der Waals surface area contributed by atoms with E-state index in [1.54, 1.807) is 0 Å². The summed E-state index contributed by atoms with van der Waals surface area (Å²) in [7, 11) is 0. The van der Waals surface area contributed by atoms with Gasteiger partial charge in [0, 0.05) is 32.8 Å². The van der Waals surface area contributed by atoms with E-state index < -0.39 is 0 Å². The first-order valence-electron chi connectivity index (χ1n) is 11.6. The smallest absolute Gasteiger partial charge is 0.194 e. The highest BCUT2D eigenvalue weighted by Crippen LogP contribution is 2.36. The van der Waals surface area contributed by atoms with Gasteiger partial charge in [0.1, 0.15) is 0 Å². The molecule has 4 rings (SSSR count). The van der Waals surface area contributed by atoms with Crippen LogP contribution in [0.5, 0.6) is 0 Å². The first-order chi connectivity index (χ1) is 14.3. The Kier molecular flexibility index (Phi) is 7.44. The molecule has 0 radical (unpaired) electrons. The van der Waals surface area contributed by atoms with Gasteiger partial charge in [0.25, 0.3) is 0 Å². The van der Waals surface area contributed by atoms with Crippen LogP contribution in [0.2, 0.25) is 0 Å². The van der Waals surface area contributed by atoms with E-state index >= 15 is 0 Å². The summed E-state index contributed by atoms with van der Waals surface area (Å²) >= 11 is 0. The normalized spacial score (nSPS) is 25.8. The molecule has 0 spiro atoms. The SMILES string of the molecule is CCNC(=NCc1ccc(COC2CCOCC2)cc1)N1CC2CCCCC2C1. The molecule has 0 amide bonds. The summed E-state index contributed by atoms with van der Waals surface area (Å²) in [6, 6.07) is 8.75. The average Bonchev–Trinajstić information content (AvgIpc) is 3.21. The van der Waals surface area contributed by atoms with E-state index in [-0.39, 0.29) is 0 Å². The van der Waals surface area contributed by atoms with Crippen LogP contribution in [-0.4, -0.2) is 49.8 Å². The van der Waals surface area contributed by atoms with Crippen LogP contribution < -0.4 is 5.32 Å². The lowest BCUT2D eigenvalue weighted by atomic mass is 9.82. The highest BCUT2D eigenvalue weighted by molar-refractivity contribution is 5.80. The second-order valence-corrected chi connectivity index (χ2v) is 8.82. The summed E-state index contributed by atoms with van der Waals surface area (Å²) in [4.78, 5) is 7.46. The fourth-order valence-corrected chi connectivity index (χ4v) is 4.97. The van der Waals surface area contributed by atoms with E-state index in [4.69, 9.17) is 14.5 Å². The number of guanidine groups is 1. The highest BCUT2D eigenvalue weighted by atomic mass is 16.5. The van der Waals surface area contributed by atoms with Crippen molar-refractivity contribution in [2.24, 2.45) is 16.8 Å². The molecule has 0 aromatic heterocycles. The Morgan fingerprint density at radius 1 is 1.03 bits per heavy atom. The fraction of sp³-hybridized carbons (Fsp3) is 0.708. The number of hydrogen-bond donors (Lipinski definition) is 1. The van der Waals surface area contributed by atoms with Gasteiger partial charge in [-0.05, 0) is 55.6 Å². The quantitative estimate of drug-likeness (QED) is 0.581. The number of aliphatic imine (C=N–C) groups is 1. The van der Waals surface area contributed by atoms with Gasteiger partial charge in [0.15, 0.2) is 5.96 Å². The first kappa shape index (κ1) is 20.7. The van der Waals surface area contributed by atoms with E-state index in [9.17, 15) is 0 Å². The Balaban J connectivity index is 1.30. The summed E-state index contributed by atoms with van der Waals surface area (Å²) in [5.41, 5.74) is 2.49. The average molecular weight is 400 g/mol. The number of fused-ring (bicyclic) bond motifs is 1. The zero-order chi connectivity index (χ0) is 19.9. The van der Waals surface area contributed by atoms with Crippen molar-refractivity contribution in [2.45, 2.75) is 64.7 Å².